The fourth-order valence-corrected chi connectivity index (χ4v) is 2.38. The second-order valence-electron chi connectivity index (χ2n) is 5.40. The molecule has 0 amide bonds. The van der Waals surface area contributed by atoms with Crippen LogP contribution in [0.1, 0.15) is 16.7 Å². The van der Waals surface area contributed by atoms with Crippen molar-refractivity contribution in [3.8, 4) is 0 Å². The Hall–Kier alpha value is -2.37. The van der Waals surface area contributed by atoms with Gasteiger partial charge < -0.3 is 10.2 Å². The van der Waals surface area contributed by atoms with E-state index in [1.54, 1.807) is 7.05 Å². The zero-order valence-electron chi connectivity index (χ0n) is 13.7. The summed E-state index contributed by atoms with van der Waals surface area (Å²) in [6, 6.07) is 2.07. The Balaban J connectivity index is 1.85. The Morgan fingerprint density at radius 2 is 2.23 bits per heavy atom. The van der Waals surface area contributed by atoms with Gasteiger partial charge in [-0.25, -0.2) is 0 Å². The molecule has 0 aliphatic carbocycles. The van der Waals surface area contributed by atoms with E-state index in [1.807, 2.05) is 43.6 Å². The van der Waals surface area contributed by atoms with Crippen molar-refractivity contribution in [2.24, 2.45) is 12.0 Å². The second-order valence-corrected chi connectivity index (χ2v) is 5.40. The van der Waals surface area contributed by atoms with Crippen molar-refractivity contribution in [2.45, 2.75) is 19.9 Å². The SMILES string of the molecule is CN=C(NCCc1ccncc1C)N(C)Cc1cnn(C)c1. The highest BCUT2D eigenvalue weighted by Crippen LogP contribution is 2.05. The third kappa shape index (κ3) is 4.31. The van der Waals surface area contributed by atoms with Crippen LogP contribution in [-0.4, -0.2) is 46.3 Å². The average Bonchev–Trinajstić information content (AvgIpc) is 2.90. The van der Waals surface area contributed by atoms with Crippen molar-refractivity contribution in [3.63, 3.8) is 0 Å². The van der Waals surface area contributed by atoms with Gasteiger partial charge in [0, 0.05) is 58.4 Å². The van der Waals surface area contributed by atoms with Crippen LogP contribution in [0.3, 0.4) is 0 Å². The number of rotatable bonds is 5. The summed E-state index contributed by atoms with van der Waals surface area (Å²) in [5.41, 5.74) is 3.70. The fraction of sp³-hybridized carbons (Fsp3) is 0.438. The maximum Gasteiger partial charge on any atom is 0.193 e. The number of pyridine rings is 1. The zero-order valence-corrected chi connectivity index (χ0v) is 13.7. The van der Waals surface area contributed by atoms with Crippen molar-refractivity contribution < 1.29 is 0 Å². The van der Waals surface area contributed by atoms with E-state index < -0.39 is 0 Å². The highest BCUT2D eigenvalue weighted by Gasteiger charge is 2.07. The highest BCUT2D eigenvalue weighted by atomic mass is 15.3. The van der Waals surface area contributed by atoms with Gasteiger partial charge in [-0.15, -0.1) is 0 Å². The lowest BCUT2D eigenvalue weighted by molar-refractivity contribution is 0.477. The van der Waals surface area contributed by atoms with Gasteiger partial charge in [-0.2, -0.15) is 5.10 Å². The van der Waals surface area contributed by atoms with Crippen molar-refractivity contribution in [3.05, 3.63) is 47.5 Å². The quantitative estimate of drug-likeness (QED) is 0.669. The van der Waals surface area contributed by atoms with Crippen LogP contribution in [0.2, 0.25) is 0 Å². The van der Waals surface area contributed by atoms with E-state index in [1.165, 1.54) is 11.1 Å². The summed E-state index contributed by atoms with van der Waals surface area (Å²) in [4.78, 5) is 10.6. The summed E-state index contributed by atoms with van der Waals surface area (Å²) >= 11 is 0. The molecule has 118 valence electrons. The van der Waals surface area contributed by atoms with E-state index in [2.05, 4.69) is 38.3 Å². The van der Waals surface area contributed by atoms with Gasteiger partial charge in [-0.05, 0) is 30.5 Å². The van der Waals surface area contributed by atoms with Gasteiger partial charge in [0.2, 0.25) is 0 Å². The lowest BCUT2D eigenvalue weighted by Crippen LogP contribution is -2.39. The normalized spacial score (nSPS) is 11.5. The van der Waals surface area contributed by atoms with Crippen LogP contribution < -0.4 is 5.32 Å². The number of nitrogens with zero attached hydrogens (tertiary/aromatic N) is 5. The molecule has 2 rings (SSSR count). The van der Waals surface area contributed by atoms with Crippen molar-refractivity contribution >= 4 is 5.96 Å². The topological polar surface area (TPSA) is 58.3 Å². The first kappa shape index (κ1) is 16.0. The van der Waals surface area contributed by atoms with Crippen molar-refractivity contribution in [1.29, 1.82) is 0 Å². The lowest BCUT2D eigenvalue weighted by Gasteiger charge is -2.21. The summed E-state index contributed by atoms with van der Waals surface area (Å²) < 4.78 is 1.81. The molecule has 0 aromatic carbocycles. The predicted molar refractivity (Wildman–Crippen MR) is 88.7 cm³/mol. The largest absolute Gasteiger partial charge is 0.356 e. The Morgan fingerprint density at radius 1 is 1.41 bits per heavy atom. The summed E-state index contributed by atoms with van der Waals surface area (Å²) in [5, 5.41) is 7.59. The number of hydrogen-bond acceptors (Lipinski definition) is 3. The van der Waals surface area contributed by atoms with Gasteiger partial charge in [0.1, 0.15) is 0 Å². The molecule has 1 N–H and O–H groups in total. The maximum absolute atomic E-state index is 4.34. The van der Waals surface area contributed by atoms with Gasteiger partial charge >= 0.3 is 0 Å². The molecule has 0 spiro atoms. The molecular weight excluding hydrogens is 276 g/mol. The minimum atomic E-state index is 0.780. The van der Waals surface area contributed by atoms with Crippen LogP contribution in [0.5, 0.6) is 0 Å². The van der Waals surface area contributed by atoms with E-state index in [9.17, 15) is 0 Å². The number of nitrogens with one attached hydrogen (secondary N) is 1. The molecule has 0 radical (unpaired) electrons. The number of aryl methyl sites for hydroxylation is 2. The van der Waals surface area contributed by atoms with Crippen molar-refractivity contribution in [1.82, 2.24) is 25.0 Å². The molecule has 0 saturated heterocycles. The first-order chi connectivity index (χ1) is 10.6. The Labute approximate surface area is 131 Å². The second kappa shape index (κ2) is 7.59. The minimum absolute atomic E-state index is 0.780. The van der Waals surface area contributed by atoms with E-state index >= 15 is 0 Å². The van der Waals surface area contributed by atoms with Gasteiger partial charge in [-0.1, -0.05) is 0 Å². The summed E-state index contributed by atoms with van der Waals surface area (Å²) in [6.07, 6.45) is 8.59. The molecule has 2 heterocycles. The molecule has 2 aromatic heterocycles. The summed E-state index contributed by atoms with van der Waals surface area (Å²) in [6.45, 7) is 3.71. The molecule has 0 atom stereocenters. The molecule has 22 heavy (non-hydrogen) atoms. The number of aromatic nitrogens is 3. The molecule has 6 nitrogen and oxygen atoms in total. The standard InChI is InChI=1S/C16H24N6/c1-13-9-18-7-5-15(13)6-8-19-16(17-2)21(3)11-14-10-20-22(4)12-14/h5,7,9-10,12H,6,8,11H2,1-4H3,(H,17,19). The number of hydrogen-bond donors (Lipinski definition) is 1. The van der Waals surface area contributed by atoms with Crippen LogP contribution in [0.4, 0.5) is 0 Å². The van der Waals surface area contributed by atoms with E-state index in [4.69, 9.17) is 0 Å². The first-order valence-electron chi connectivity index (χ1n) is 7.39. The monoisotopic (exact) mass is 300 g/mol. The molecule has 0 unspecified atom stereocenters. The molecule has 0 fully saturated rings. The predicted octanol–water partition coefficient (Wildman–Crippen LogP) is 1.37. The molecule has 2 aromatic rings. The molecular formula is C16H24N6. The average molecular weight is 300 g/mol. The maximum atomic E-state index is 4.34. The summed E-state index contributed by atoms with van der Waals surface area (Å²) in [7, 11) is 5.76. The van der Waals surface area contributed by atoms with Gasteiger partial charge in [0.15, 0.2) is 5.96 Å². The zero-order chi connectivity index (χ0) is 15.9. The molecule has 0 bridgehead atoms. The molecule has 0 saturated carbocycles. The number of guanidine groups is 1. The van der Waals surface area contributed by atoms with E-state index in [0.717, 1.165) is 31.0 Å². The van der Waals surface area contributed by atoms with Crippen LogP contribution in [0.25, 0.3) is 0 Å². The van der Waals surface area contributed by atoms with Crippen LogP contribution >= 0.6 is 0 Å². The smallest absolute Gasteiger partial charge is 0.193 e. The Kier molecular flexibility index (Phi) is 5.52. The Morgan fingerprint density at radius 3 is 2.86 bits per heavy atom. The van der Waals surface area contributed by atoms with E-state index in [0.29, 0.717) is 0 Å². The van der Waals surface area contributed by atoms with Gasteiger partial charge in [0.25, 0.3) is 0 Å². The van der Waals surface area contributed by atoms with Crippen LogP contribution in [-0.2, 0) is 20.0 Å². The van der Waals surface area contributed by atoms with Crippen LogP contribution in [0.15, 0.2) is 35.8 Å². The minimum Gasteiger partial charge on any atom is -0.356 e. The molecule has 6 heteroatoms. The summed E-state index contributed by atoms with van der Waals surface area (Å²) in [5.74, 6) is 0.885. The lowest BCUT2D eigenvalue weighted by atomic mass is 10.1. The fourth-order valence-electron chi connectivity index (χ4n) is 2.38. The number of aliphatic imine (C=N–C) groups is 1. The van der Waals surface area contributed by atoms with Crippen LogP contribution in [0, 0.1) is 6.92 Å². The third-order valence-electron chi connectivity index (χ3n) is 3.57. The third-order valence-corrected chi connectivity index (χ3v) is 3.57. The molecule has 0 aliphatic rings. The van der Waals surface area contributed by atoms with Crippen molar-refractivity contribution in [2.75, 3.05) is 20.6 Å². The van der Waals surface area contributed by atoms with Gasteiger partial charge in [-0.3, -0.25) is 14.7 Å². The van der Waals surface area contributed by atoms with Gasteiger partial charge in [0.05, 0.1) is 6.20 Å². The molecule has 0 aliphatic heterocycles. The first-order valence-corrected chi connectivity index (χ1v) is 7.39. The highest BCUT2D eigenvalue weighted by molar-refractivity contribution is 5.79. The van der Waals surface area contributed by atoms with E-state index in [-0.39, 0.29) is 0 Å². The Bertz CT molecular complexity index is 631.